The molecule has 0 saturated heterocycles. The summed E-state index contributed by atoms with van der Waals surface area (Å²) in [6.07, 6.45) is 10.2. The molecule has 1 aromatic rings. The van der Waals surface area contributed by atoms with E-state index in [1.165, 1.54) is 44.9 Å². The first-order valence-corrected chi connectivity index (χ1v) is 9.18. The summed E-state index contributed by atoms with van der Waals surface area (Å²) < 4.78 is 5.37. The molecule has 2 N–H and O–H groups in total. The Kier molecular flexibility index (Phi) is 5.71. The van der Waals surface area contributed by atoms with Gasteiger partial charge in [-0.15, -0.1) is 0 Å². The van der Waals surface area contributed by atoms with E-state index in [1.807, 2.05) is 30.3 Å². The number of hydrogen-bond acceptors (Lipinski definition) is 3. The molecule has 126 valence electrons. The second-order valence-electron chi connectivity index (χ2n) is 7.42. The molecule has 4 atom stereocenters. The van der Waals surface area contributed by atoms with Crippen LogP contribution in [0.2, 0.25) is 0 Å². The van der Waals surface area contributed by atoms with Gasteiger partial charge in [0, 0.05) is 0 Å². The van der Waals surface area contributed by atoms with Gasteiger partial charge < -0.3 is 10.5 Å². The van der Waals surface area contributed by atoms with E-state index < -0.39 is 6.04 Å². The second-order valence-corrected chi connectivity index (χ2v) is 7.42. The predicted octanol–water partition coefficient (Wildman–Crippen LogP) is 4.05. The molecule has 3 nitrogen and oxygen atoms in total. The lowest BCUT2D eigenvalue weighted by molar-refractivity contribution is -0.147. The minimum absolute atomic E-state index is 0.250. The van der Waals surface area contributed by atoms with Gasteiger partial charge in [-0.1, -0.05) is 62.4 Å². The number of hydrogen-bond donors (Lipinski definition) is 1. The molecule has 0 heterocycles. The fourth-order valence-electron chi connectivity index (χ4n) is 4.48. The van der Waals surface area contributed by atoms with E-state index in [9.17, 15) is 4.79 Å². The zero-order chi connectivity index (χ0) is 16.1. The van der Waals surface area contributed by atoms with Crippen LogP contribution in [0.3, 0.4) is 0 Å². The van der Waals surface area contributed by atoms with Crippen molar-refractivity contribution in [2.45, 2.75) is 64.0 Å². The molecule has 0 spiro atoms. The Morgan fingerprint density at radius 2 is 1.83 bits per heavy atom. The Labute approximate surface area is 139 Å². The maximum absolute atomic E-state index is 12.1. The van der Waals surface area contributed by atoms with Gasteiger partial charge >= 0.3 is 5.97 Å². The highest BCUT2D eigenvalue weighted by Crippen LogP contribution is 2.43. The average molecular weight is 315 g/mol. The smallest absolute Gasteiger partial charge is 0.323 e. The summed E-state index contributed by atoms with van der Waals surface area (Å²) in [5.41, 5.74) is 7.12. The van der Waals surface area contributed by atoms with Crippen LogP contribution in [-0.4, -0.2) is 12.0 Å². The summed E-state index contributed by atoms with van der Waals surface area (Å²) >= 11 is 0. The number of carbonyl (C=O) groups excluding carboxylic acids is 1. The molecule has 0 bridgehead atoms. The third-order valence-corrected chi connectivity index (χ3v) is 5.76. The molecule has 0 aliphatic heterocycles. The molecule has 2 aliphatic carbocycles. The summed E-state index contributed by atoms with van der Waals surface area (Å²) in [7, 11) is 0. The number of ether oxygens (including phenoxy) is 1. The fourth-order valence-corrected chi connectivity index (χ4v) is 4.48. The van der Waals surface area contributed by atoms with Crippen LogP contribution in [0.1, 0.15) is 56.9 Å². The molecule has 2 fully saturated rings. The monoisotopic (exact) mass is 315 g/mol. The molecule has 0 radical (unpaired) electrons. The first kappa shape index (κ1) is 16.5. The van der Waals surface area contributed by atoms with E-state index in [-0.39, 0.29) is 5.97 Å². The van der Waals surface area contributed by atoms with Crippen LogP contribution in [0.4, 0.5) is 0 Å². The quantitative estimate of drug-likeness (QED) is 0.834. The van der Waals surface area contributed by atoms with Crippen molar-refractivity contribution in [3.8, 4) is 0 Å². The lowest BCUT2D eigenvalue weighted by atomic mass is 9.66. The molecule has 23 heavy (non-hydrogen) atoms. The van der Waals surface area contributed by atoms with Gasteiger partial charge in [-0.3, -0.25) is 4.79 Å². The fraction of sp³-hybridized carbons (Fsp3) is 0.650. The van der Waals surface area contributed by atoms with Crippen molar-refractivity contribution in [3.63, 3.8) is 0 Å². The van der Waals surface area contributed by atoms with Gasteiger partial charge in [0.1, 0.15) is 12.6 Å². The molecule has 2 saturated carbocycles. The van der Waals surface area contributed by atoms with Gasteiger partial charge in [0.2, 0.25) is 0 Å². The lowest BCUT2D eigenvalue weighted by Crippen LogP contribution is -2.37. The van der Waals surface area contributed by atoms with E-state index in [0.29, 0.717) is 12.5 Å². The third-order valence-electron chi connectivity index (χ3n) is 5.76. The van der Waals surface area contributed by atoms with Crippen molar-refractivity contribution in [1.82, 2.24) is 0 Å². The van der Waals surface area contributed by atoms with Gasteiger partial charge in [0.05, 0.1) is 0 Å². The van der Waals surface area contributed by atoms with Crippen molar-refractivity contribution in [2.24, 2.45) is 23.5 Å². The zero-order valence-corrected chi connectivity index (χ0v) is 14.0. The van der Waals surface area contributed by atoms with Crippen molar-refractivity contribution in [1.29, 1.82) is 0 Å². The second kappa shape index (κ2) is 7.96. The predicted molar refractivity (Wildman–Crippen MR) is 91.6 cm³/mol. The number of benzene rings is 1. The molecule has 4 unspecified atom stereocenters. The van der Waals surface area contributed by atoms with Crippen LogP contribution in [0, 0.1) is 17.8 Å². The largest absolute Gasteiger partial charge is 0.460 e. The Hall–Kier alpha value is -1.35. The van der Waals surface area contributed by atoms with E-state index in [4.69, 9.17) is 10.5 Å². The Morgan fingerprint density at radius 1 is 1.09 bits per heavy atom. The SMILES string of the molecule is NC(CC1CCC2CCCCC2C1)C(=O)OCc1ccccc1. The molecule has 3 rings (SSSR count). The number of rotatable bonds is 5. The summed E-state index contributed by atoms with van der Waals surface area (Å²) in [4.78, 5) is 12.1. The Balaban J connectivity index is 1.43. The van der Waals surface area contributed by atoms with E-state index in [0.717, 1.165) is 23.8 Å². The van der Waals surface area contributed by atoms with Crippen molar-refractivity contribution < 1.29 is 9.53 Å². The molecule has 2 aliphatic rings. The number of carbonyl (C=O) groups is 1. The van der Waals surface area contributed by atoms with Crippen LogP contribution < -0.4 is 5.73 Å². The number of esters is 1. The third kappa shape index (κ3) is 4.57. The summed E-state index contributed by atoms with van der Waals surface area (Å²) in [6, 6.07) is 9.31. The maximum Gasteiger partial charge on any atom is 0.323 e. The van der Waals surface area contributed by atoms with Gasteiger partial charge in [0.15, 0.2) is 0 Å². The highest BCUT2D eigenvalue weighted by Gasteiger charge is 2.33. The molecular formula is C20H29NO2. The van der Waals surface area contributed by atoms with Gasteiger partial charge in [-0.25, -0.2) is 0 Å². The number of nitrogens with two attached hydrogens (primary N) is 1. The minimum Gasteiger partial charge on any atom is -0.460 e. The van der Waals surface area contributed by atoms with Crippen LogP contribution >= 0.6 is 0 Å². The summed E-state index contributed by atoms with van der Waals surface area (Å²) in [6.45, 7) is 0.322. The van der Waals surface area contributed by atoms with Gasteiger partial charge in [-0.2, -0.15) is 0 Å². The normalized spacial score (nSPS) is 28.7. The standard InChI is InChI=1S/C20H29NO2/c21-19(20(22)23-14-15-6-2-1-3-7-15)13-16-10-11-17-8-4-5-9-18(17)12-16/h1-3,6-7,16-19H,4-5,8-14,21H2. The topological polar surface area (TPSA) is 52.3 Å². The molecule has 3 heteroatoms. The van der Waals surface area contributed by atoms with Gasteiger partial charge in [0.25, 0.3) is 0 Å². The Morgan fingerprint density at radius 3 is 2.61 bits per heavy atom. The van der Waals surface area contributed by atoms with E-state index in [1.54, 1.807) is 0 Å². The minimum atomic E-state index is -0.469. The summed E-state index contributed by atoms with van der Waals surface area (Å²) in [5, 5.41) is 0. The van der Waals surface area contributed by atoms with E-state index in [2.05, 4.69) is 0 Å². The highest BCUT2D eigenvalue weighted by molar-refractivity contribution is 5.75. The van der Waals surface area contributed by atoms with Crippen molar-refractivity contribution in [2.75, 3.05) is 0 Å². The van der Waals surface area contributed by atoms with Crippen molar-refractivity contribution >= 4 is 5.97 Å². The molecule has 1 aromatic carbocycles. The van der Waals surface area contributed by atoms with E-state index >= 15 is 0 Å². The Bertz CT molecular complexity index is 502. The average Bonchev–Trinajstić information content (AvgIpc) is 2.60. The summed E-state index contributed by atoms with van der Waals surface area (Å²) in [5.74, 6) is 2.18. The first-order valence-electron chi connectivity index (χ1n) is 9.18. The molecule has 0 aromatic heterocycles. The van der Waals surface area contributed by atoms with Gasteiger partial charge in [-0.05, 0) is 42.6 Å². The van der Waals surface area contributed by atoms with Crippen LogP contribution in [0.5, 0.6) is 0 Å². The maximum atomic E-state index is 12.1. The molecule has 0 amide bonds. The van der Waals surface area contributed by atoms with Crippen molar-refractivity contribution in [3.05, 3.63) is 35.9 Å². The first-order chi connectivity index (χ1) is 11.2. The molecular weight excluding hydrogens is 286 g/mol. The van der Waals surface area contributed by atoms with Crippen LogP contribution in [0.25, 0.3) is 0 Å². The van der Waals surface area contributed by atoms with Crippen LogP contribution in [-0.2, 0) is 16.1 Å². The highest BCUT2D eigenvalue weighted by atomic mass is 16.5. The zero-order valence-electron chi connectivity index (χ0n) is 14.0. The lowest BCUT2D eigenvalue weighted by Gasteiger charge is -2.39. The van der Waals surface area contributed by atoms with Crippen LogP contribution in [0.15, 0.2) is 30.3 Å². The number of fused-ring (bicyclic) bond motifs is 1.